The number of carbonyl (C=O) groups excluding carboxylic acids is 2. The van der Waals surface area contributed by atoms with Crippen LogP contribution in [0.15, 0.2) is 65.2 Å². The number of oxazole rings is 1. The second kappa shape index (κ2) is 12.1. The summed E-state index contributed by atoms with van der Waals surface area (Å²) in [5, 5.41) is 16.4. The lowest BCUT2D eigenvalue weighted by molar-refractivity contribution is -0.124. The summed E-state index contributed by atoms with van der Waals surface area (Å²) >= 11 is 0. The van der Waals surface area contributed by atoms with Crippen LogP contribution in [0.2, 0.25) is 0 Å². The number of amides is 3. The van der Waals surface area contributed by atoms with Gasteiger partial charge in [0, 0.05) is 43.3 Å². The molecule has 0 bridgehead atoms. The Morgan fingerprint density at radius 2 is 1.73 bits per heavy atom. The number of benzene rings is 2. The van der Waals surface area contributed by atoms with E-state index in [-0.39, 0.29) is 23.3 Å². The molecule has 10 nitrogen and oxygen atoms in total. The van der Waals surface area contributed by atoms with E-state index in [0.29, 0.717) is 18.5 Å². The van der Waals surface area contributed by atoms with Crippen LogP contribution >= 0.6 is 0 Å². The number of nitrogens with zero attached hydrogens (tertiary/aromatic N) is 3. The monoisotopic (exact) mass is 545 g/mol. The first-order chi connectivity index (χ1) is 19.0. The summed E-state index contributed by atoms with van der Waals surface area (Å²) in [5.41, 5.74) is 2.44. The quantitative estimate of drug-likeness (QED) is 0.262. The first kappa shape index (κ1) is 28.4. The van der Waals surface area contributed by atoms with Gasteiger partial charge in [0.15, 0.2) is 5.69 Å². The highest BCUT2D eigenvalue weighted by Crippen LogP contribution is 2.27. The number of aromatic carboxylic acids is 1. The number of carbonyl (C=O) groups is 3. The fraction of sp³-hybridized carbons (Fsp3) is 0.333. The molecular weight excluding hydrogens is 510 g/mol. The Labute approximate surface area is 233 Å². The molecule has 2 atom stereocenters. The van der Waals surface area contributed by atoms with Crippen LogP contribution in [0.1, 0.15) is 54.0 Å². The van der Waals surface area contributed by atoms with Crippen molar-refractivity contribution in [1.82, 2.24) is 20.2 Å². The maximum absolute atomic E-state index is 13.7. The predicted molar refractivity (Wildman–Crippen MR) is 152 cm³/mol. The summed E-state index contributed by atoms with van der Waals surface area (Å²) in [4.78, 5) is 44.1. The van der Waals surface area contributed by atoms with Gasteiger partial charge in [-0.3, -0.25) is 9.69 Å². The van der Waals surface area contributed by atoms with Crippen LogP contribution in [0, 0.1) is 12.8 Å². The zero-order valence-electron chi connectivity index (χ0n) is 23.3. The van der Waals surface area contributed by atoms with Gasteiger partial charge in [-0.15, -0.1) is 0 Å². The Balaban J connectivity index is 1.63. The molecule has 0 aliphatic rings. The number of aryl methyl sites for hydroxylation is 2. The van der Waals surface area contributed by atoms with Crippen molar-refractivity contribution < 1.29 is 23.9 Å². The minimum absolute atomic E-state index is 0.0900. The van der Waals surface area contributed by atoms with Crippen molar-refractivity contribution in [2.45, 2.75) is 45.7 Å². The van der Waals surface area contributed by atoms with E-state index in [1.165, 1.54) is 11.8 Å². The largest absolute Gasteiger partial charge is 0.476 e. The van der Waals surface area contributed by atoms with Crippen LogP contribution in [0.3, 0.4) is 0 Å². The maximum Gasteiger partial charge on any atom is 0.358 e. The van der Waals surface area contributed by atoms with Crippen LogP contribution in [0.5, 0.6) is 0 Å². The van der Waals surface area contributed by atoms with Gasteiger partial charge in [0.25, 0.3) is 0 Å². The molecular formula is C30H35N5O5. The van der Waals surface area contributed by atoms with Crippen LogP contribution in [0.25, 0.3) is 10.9 Å². The molecule has 10 heteroatoms. The Kier molecular flexibility index (Phi) is 8.57. The predicted octanol–water partition coefficient (Wildman–Crippen LogP) is 4.83. The normalized spacial score (nSPS) is 12.8. The van der Waals surface area contributed by atoms with Crippen molar-refractivity contribution in [1.29, 1.82) is 0 Å². The van der Waals surface area contributed by atoms with Gasteiger partial charge >= 0.3 is 12.0 Å². The van der Waals surface area contributed by atoms with E-state index in [1.54, 1.807) is 7.05 Å². The molecule has 0 fully saturated rings. The molecule has 2 unspecified atom stereocenters. The molecule has 0 saturated carbocycles. The minimum Gasteiger partial charge on any atom is -0.476 e. The van der Waals surface area contributed by atoms with Gasteiger partial charge in [-0.2, -0.15) is 0 Å². The molecule has 210 valence electrons. The molecule has 40 heavy (non-hydrogen) atoms. The van der Waals surface area contributed by atoms with E-state index in [1.807, 2.05) is 86.3 Å². The second-order valence-electron chi connectivity index (χ2n) is 10.3. The number of anilines is 1. The van der Waals surface area contributed by atoms with E-state index in [0.717, 1.165) is 16.5 Å². The molecule has 0 aliphatic carbocycles. The van der Waals surface area contributed by atoms with Gasteiger partial charge in [0.1, 0.15) is 17.8 Å². The van der Waals surface area contributed by atoms with Crippen LogP contribution in [0.4, 0.5) is 10.5 Å². The summed E-state index contributed by atoms with van der Waals surface area (Å²) in [6.07, 6.45) is 2.67. The minimum atomic E-state index is -1.21. The van der Waals surface area contributed by atoms with Gasteiger partial charge in [-0.25, -0.2) is 14.6 Å². The molecule has 3 amide bonds. The van der Waals surface area contributed by atoms with Crippen molar-refractivity contribution in [3.63, 3.8) is 0 Å². The van der Waals surface area contributed by atoms with Crippen LogP contribution in [-0.4, -0.2) is 45.7 Å². The molecule has 0 spiro atoms. The highest BCUT2D eigenvalue weighted by atomic mass is 16.4. The van der Waals surface area contributed by atoms with Gasteiger partial charge in [0.05, 0.1) is 0 Å². The summed E-state index contributed by atoms with van der Waals surface area (Å²) < 4.78 is 7.75. The summed E-state index contributed by atoms with van der Waals surface area (Å²) in [5.74, 6) is -1.28. The van der Waals surface area contributed by atoms with Crippen molar-refractivity contribution >= 4 is 34.5 Å². The summed E-state index contributed by atoms with van der Waals surface area (Å²) in [6, 6.07) is 15.0. The molecule has 4 aromatic rings. The average molecular weight is 546 g/mol. The van der Waals surface area contributed by atoms with Gasteiger partial charge < -0.3 is 24.7 Å². The number of hydrogen-bond acceptors (Lipinski definition) is 5. The molecule has 3 N–H and O–H groups in total. The highest BCUT2D eigenvalue weighted by molar-refractivity contribution is 5.95. The SMILES string of the molecule is Cc1oc(C(Cc2cn(C)c3ccccc23)NC(=O)C(CC(C)C)NC(=O)N(C)c2ccccc2)nc1C(=O)O. The maximum atomic E-state index is 13.7. The molecule has 0 radical (unpaired) electrons. The van der Waals surface area contributed by atoms with E-state index < -0.39 is 30.0 Å². The number of fused-ring (bicyclic) bond motifs is 1. The van der Waals surface area contributed by atoms with E-state index >= 15 is 0 Å². The molecule has 0 aliphatic heterocycles. The third-order valence-corrected chi connectivity index (χ3v) is 6.80. The smallest absolute Gasteiger partial charge is 0.358 e. The summed E-state index contributed by atoms with van der Waals surface area (Å²) in [7, 11) is 3.58. The first-order valence-electron chi connectivity index (χ1n) is 13.2. The Bertz CT molecular complexity index is 1510. The summed E-state index contributed by atoms with van der Waals surface area (Å²) in [6.45, 7) is 5.47. The number of rotatable bonds is 10. The van der Waals surface area contributed by atoms with E-state index in [9.17, 15) is 19.5 Å². The molecule has 0 saturated heterocycles. The number of hydrogen-bond donors (Lipinski definition) is 3. The standard InChI is InChI=1S/C30H35N5O5/c1-18(2)15-23(32-30(39)35(5)21-11-7-6-8-12-21)27(36)31-24(28-33-26(29(37)38)19(3)40-28)16-20-17-34(4)25-14-10-9-13-22(20)25/h6-14,17-18,23-24H,15-16H2,1-5H3,(H,31,36)(H,32,39)(H,37,38). The zero-order valence-corrected chi connectivity index (χ0v) is 23.3. The number of nitrogens with one attached hydrogen (secondary N) is 2. The Morgan fingerprint density at radius 3 is 2.38 bits per heavy atom. The first-order valence-corrected chi connectivity index (χ1v) is 13.2. The third-order valence-electron chi connectivity index (χ3n) is 6.80. The van der Waals surface area contributed by atoms with Crippen LogP contribution in [-0.2, 0) is 18.3 Å². The zero-order chi connectivity index (χ0) is 29.0. The van der Waals surface area contributed by atoms with Crippen molar-refractivity contribution in [2.24, 2.45) is 13.0 Å². The molecule has 2 aromatic carbocycles. The Hall–Kier alpha value is -4.60. The second-order valence-corrected chi connectivity index (χ2v) is 10.3. The van der Waals surface area contributed by atoms with Crippen molar-refractivity contribution in [3.8, 4) is 0 Å². The number of urea groups is 1. The number of carboxylic acids is 1. The van der Waals surface area contributed by atoms with Crippen molar-refractivity contribution in [2.75, 3.05) is 11.9 Å². The fourth-order valence-corrected chi connectivity index (χ4v) is 4.76. The molecule has 2 aromatic heterocycles. The molecule has 2 heterocycles. The van der Waals surface area contributed by atoms with Crippen molar-refractivity contribution in [3.05, 3.63) is 83.7 Å². The lowest BCUT2D eigenvalue weighted by Crippen LogP contribution is -2.51. The lowest BCUT2D eigenvalue weighted by atomic mass is 10.0. The fourth-order valence-electron chi connectivity index (χ4n) is 4.76. The van der Waals surface area contributed by atoms with Gasteiger partial charge in [-0.05, 0) is 43.0 Å². The average Bonchev–Trinajstić information content (AvgIpc) is 3.47. The number of aromatic nitrogens is 2. The topological polar surface area (TPSA) is 130 Å². The number of para-hydroxylation sites is 2. The highest BCUT2D eigenvalue weighted by Gasteiger charge is 2.30. The lowest BCUT2D eigenvalue weighted by Gasteiger charge is -2.26. The Morgan fingerprint density at radius 1 is 1.05 bits per heavy atom. The molecule has 4 rings (SSSR count). The third kappa shape index (κ3) is 6.33. The van der Waals surface area contributed by atoms with Gasteiger partial charge in [0.2, 0.25) is 11.8 Å². The van der Waals surface area contributed by atoms with E-state index in [2.05, 4.69) is 15.6 Å². The number of carboxylic acid groups (broad SMARTS) is 1. The van der Waals surface area contributed by atoms with Crippen LogP contribution < -0.4 is 15.5 Å². The van der Waals surface area contributed by atoms with E-state index in [4.69, 9.17) is 4.42 Å². The van der Waals surface area contributed by atoms with Gasteiger partial charge in [-0.1, -0.05) is 50.2 Å².